The Hall–Kier alpha value is -2.46. The zero-order chi connectivity index (χ0) is 14.8. The van der Waals surface area contributed by atoms with E-state index in [4.69, 9.17) is 0 Å². The molecule has 0 aliphatic rings. The summed E-state index contributed by atoms with van der Waals surface area (Å²) in [7, 11) is 0. The minimum absolute atomic E-state index is 0.141. The van der Waals surface area contributed by atoms with Crippen LogP contribution in [0.15, 0.2) is 54.7 Å². The molecule has 1 heterocycles. The van der Waals surface area contributed by atoms with Gasteiger partial charge in [0.15, 0.2) is 0 Å². The van der Waals surface area contributed by atoms with E-state index in [0.717, 1.165) is 11.1 Å². The van der Waals surface area contributed by atoms with Crippen molar-refractivity contribution in [3.63, 3.8) is 0 Å². The van der Waals surface area contributed by atoms with E-state index in [9.17, 15) is 9.50 Å². The number of benzene rings is 2. The van der Waals surface area contributed by atoms with Crippen molar-refractivity contribution in [3.8, 4) is 16.9 Å². The van der Waals surface area contributed by atoms with E-state index in [-0.39, 0.29) is 12.4 Å². The highest BCUT2D eigenvalue weighted by Crippen LogP contribution is 2.24. The van der Waals surface area contributed by atoms with Crippen LogP contribution in [0.5, 0.6) is 0 Å². The third kappa shape index (κ3) is 2.58. The van der Waals surface area contributed by atoms with Gasteiger partial charge in [0, 0.05) is 17.3 Å². The van der Waals surface area contributed by atoms with Crippen molar-refractivity contribution < 1.29 is 9.50 Å². The first-order valence-electron chi connectivity index (χ1n) is 6.70. The van der Waals surface area contributed by atoms with Crippen LogP contribution >= 0.6 is 0 Å². The van der Waals surface area contributed by atoms with Gasteiger partial charge >= 0.3 is 0 Å². The Morgan fingerprint density at radius 1 is 1.10 bits per heavy atom. The van der Waals surface area contributed by atoms with Gasteiger partial charge in [0.1, 0.15) is 11.5 Å². The lowest BCUT2D eigenvalue weighted by molar-refractivity contribution is 0.282. The molecule has 106 valence electrons. The second-order valence-electron chi connectivity index (χ2n) is 4.92. The van der Waals surface area contributed by atoms with Gasteiger partial charge in [0.05, 0.1) is 12.3 Å². The molecule has 0 amide bonds. The highest BCUT2D eigenvalue weighted by Gasteiger charge is 2.13. The van der Waals surface area contributed by atoms with Gasteiger partial charge < -0.3 is 5.11 Å². The second-order valence-corrected chi connectivity index (χ2v) is 4.92. The molecular formula is C17H15FN2O. The van der Waals surface area contributed by atoms with E-state index in [1.807, 2.05) is 31.2 Å². The van der Waals surface area contributed by atoms with Gasteiger partial charge in [-0.25, -0.2) is 9.07 Å². The van der Waals surface area contributed by atoms with Crippen LogP contribution in [0.25, 0.3) is 16.9 Å². The summed E-state index contributed by atoms with van der Waals surface area (Å²) in [5.41, 5.74) is 3.76. The summed E-state index contributed by atoms with van der Waals surface area (Å²) < 4.78 is 15.3. The van der Waals surface area contributed by atoms with Crippen molar-refractivity contribution in [1.82, 2.24) is 9.78 Å². The summed E-state index contributed by atoms with van der Waals surface area (Å²) in [5, 5.41) is 13.9. The molecule has 0 atom stereocenters. The van der Waals surface area contributed by atoms with Gasteiger partial charge in [0.2, 0.25) is 0 Å². The highest BCUT2D eigenvalue weighted by molar-refractivity contribution is 5.63. The molecule has 0 fully saturated rings. The number of aryl methyl sites for hydroxylation is 1. The molecule has 0 aliphatic carbocycles. The van der Waals surface area contributed by atoms with E-state index in [0.29, 0.717) is 16.9 Å². The van der Waals surface area contributed by atoms with Gasteiger partial charge in [0.25, 0.3) is 0 Å². The third-order valence-corrected chi connectivity index (χ3v) is 3.38. The smallest absolute Gasteiger partial charge is 0.148 e. The van der Waals surface area contributed by atoms with Crippen LogP contribution in [0, 0.1) is 12.7 Å². The molecule has 0 radical (unpaired) electrons. The first kappa shape index (κ1) is 13.5. The van der Waals surface area contributed by atoms with Gasteiger partial charge in [-0.2, -0.15) is 5.10 Å². The zero-order valence-electron chi connectivity index (χ0n) is 11.6. The molecule has 0 saturated heterocycles. The molecular weight excluding hydrogens is 267 g/mol. The summed E-state index contributed by atoms with van der Waals surface area (Å²) in [6.07, 6.45) is 1.66. The van der Waals surface area contributed by atoms with Crippen LogP contribution < -0.4 is 0 Å². The van der Waals surface area contributed by atoms with Gasteiger partial charge in [-0.3, -0.25) is 0 Å². The van der Waals surface area contributed by atoms with Crippen molar-refractivity contribution in [2.45, 2.75) is 13.5 Å². The second kappa shape index (κ2) is 5.50. The average Bonchev–Trinajstić information content (AvgIpc) is 2.92. The summed E-state index contributed by atoms with van der Waals surface area (Å²) >= 11 is 0. The SMILES string of the molecule is Cc1ccc(-c2nn(-c3ccccc3F)cc2CO)cc1. The average molecular weight is 282 g/mol. The predicted octanol–water partition coefficient (Wildman–Crippen LogP) is 3.48. The third-order valence-electron chi connectivity index (χ3n) is 3.38. The monoisotopic (exact) mass is 282 g/mol. The Balaban J connectivity index is 2.11. The van der Waals surface area contributed by atoms with Crippen LogP contribution in [0.4, 0.5) is 4.39 Å². The summed E-state index contributed by atoms with van der Waals surface area (Å²) in [4.78, 5) is 0. The Morgan fingerprint density at radius 3 is 2.48 bits per heavy atom. The number of aromatic nitrogens is 2. The fraction of sp³-hybridized carbons (Fsp3) is 0.118. The fourth-order valence-corrected chi connectivity index (χ4v) is 2.24. The lowest BCUT2D eigenvalue weighted by Gasteiger charge is -2.02. The first-order chi connectivity index (χ1) is 10.2. The molecule has 4 heteroatoms. The Kier molecular flexibility index (Phi) is 3.54. The molecule has 1 N–H and O–H groups in total. The zero-order valence-corrected chi connectivity index (χ0v) is 11.6. The molecule has 0 bridgehead atoms. The van der Waals surface area contributed by atoms with E-state index >= 15 is 0 Å². The number of rotatable bonds is 3. The molecule has 2 aromatic carbocycles. The minimum Gasteiger partial charge on any atom is -0.392 e. The minimum atomic E-state index is -0.347. The number of aliphatic hydroxyl groups excluding tert-OH is 1. The molecule has 0 spiro atoms. The molecule has 21 heavy (non-hydrogen) atoms. The quantitative estimate of drug-likeness (QED) is 0.798. The lowest BCUT2D eigenvalue weighted by atomic mass is 10.1. The number of nitrogens with zero attached hydrogens (tertiary/aromatic N) is 2. The van der Waals surface area contributed by atoms with E-state index in [1.54, 1.807) is 24.4 Å². The fourth-order valence-electron chi connectivity index (χ4n) is 2.24. The predicted molar refractivity (Wildman–Crippen MR) is 79.6 cm³/mol. The number of halogens is 1. The van der Waals surface area contributed by atoms with E-state index < -0.39 is 0 Å². The van der Waals surface area contributed by atoms with Crippen molar-refractivity contribution in [2.24, 2.45) is 0 Å². The van der Waals surface area contributed by atoms with Crippen molar-refractivity contribution in [1.29, 1.82) is 0 Å². The lowest BCUT2D eigenvalue weighted by Crippen LogP contribution is -1.98. The molecule has 0 saturated carbocycles. The summed E-state index contributed by atoms with van der Waals surface area (Å²) in [5.74, 6) is -0.347. The van der Waals surface area contributed by atoms with Gasteiger partial charge in [-0.05, 0) is 19.1 Å². The molecule has 0 unspecified atom stereocenters. The van der Waals surface area contributed by atoms with Crippen molar-refractivity contribution >= 4 is 0 Å². The maximum Gasteiger partial charge on any atom is 0.148 e. The molecule has 0 aliphatic heterocycles. The summed E-state index contributed by atoms with van der Waals surface area (Å²) in [6.45, 7) is 1.87. The standard InChI is InChI=1S/C17H15FN2O/c1-12-6-8-13(9-7-12)17-14(11-21)10-20(19-17)16-5-3-2-4-15(16)18/h2-10,21H,11H2,1H3. The molecule has 1 aromatic heterocycles. The summed E-state index contributed by atoms with van der Waals surface area (Å²) in [6, 6.07) is 14.3. The molecule has 3 aromatic rings. The Bertz CT molecular complexity index is 763. The first-order valence-corrected chi connectivity index (χ1v) is 6.70. The number of hydrogen-bond acceptors (Lipinski definition) is 2. The Morgan fingerprint density at radius 2 is 1.81 bits per heavy atom. The van der Waals surface area contributed by atoms with E-state index in [1.165, 1.54) is 10.7 Å². The number of hydrogen-bond donors (Lipinski definition) is 1. The maximum absolute atomic E-state index is 13.9. The van der Waals surface area contributed by atoms with Crippen molar-refractivity contribution in [2.75, 3.05) is 0 Å². The van der Waals surface area contributed by atoms with Crippen LogP contribution in [0.2, 0.25) is 0 Å². The topological polar surface area (TPSA) is 38.0 Å². The number of aliphatic hydroxyl groups is 1. The molecule has 3 rings (SSSR count). The van der Waals surface area contributed by atoms with Gasteiger partial charge in [-0.1, -0.05) is 42.0 Å². The van der Waals surface area contributed by atoms with Crippen LogP contribution in [0.3, 0.4) is 0 Å². The van der Waals surface area contributed by atoms with Crippen LogP contribution in [0.1, 0.15) is 11.1 Å². The maximum atomic E-state index is 13.9. The normalized spacial score (nSPS) is 10.8. The van der Waals surface area contributed by atoms with E-state index in [2.05, 4.69) is 5.10 Å². The van der Waals surface area contributed by atoms with Crippen LogP contribution in [-0.4, -0.2) is 14.9 Å². The van der Waals surface area contributed by atoms with Gasteiger partial charge in [-0.15, -0.1) is 0 Å². The largest absolute Gasteiger partial charge is 0.392 e. The highest BCUT2D eigenvalue weighted by atomic mass is 19.1. The van der Waals surface area contributed by atoms with Crippen molar-refractivity contribution in [3.05, 3.63) is 71.7 Å². The molecule has 3 nitrogen and oxygen atoms in total. The Labute approximate surface area is 122 Å². The number of para-hydroxylation sites is 1. The van der Waals surface area contributed by atoms with Crippen LogP contribution in [-0.2, 0) is 6.61 Å².